The number of halogens is 3. The van der Waals surface area contributed by atoms with Crippen LogP contribution in [-0.2, 0) is 68.0 Å². The van der Waals surface area contributed by atoms with E-state index >= 15 is 0 Å². The van der Waals surface area contributed by atoms with Gasteiger partial charge in [0.15, 0.2) is 42.8 Å². The molecular formula is C60H98Br3N3O7. The van der Waals surface area contributed by atoms with E-state index in [1.807, 2.05) is 73.6 Å². The van der Waals surface area contributed by atoms with Crippen LogP contribution in [0.15, 0.2) is 73.6 Å². The number of esters is 3. The predicted molar refractivity (Wildman–Crippen MR) is 279 cm³/mol. The van der Waals surface area contributed by atoms with E-state index in [9.17, 15) is 19.5 Å². The van der Waals surface area contributed by atoms with E-state index in [1.165, 1.54) is 167 Å². The molecule has 0 amide bonds. The van der Waals surface area contributed by atoms with Crippen LogP contribution >= 0.6 is 0 Å². The van der Waals surface area contributed by atoms with Gasteiger partial charge in [0.25, 0.3) is 0 Å². The number of unbranched alkanes of at least 4 members (excludes halogenated alkanes) is 27. The normalized spacial score (nSPS) is 11.0. The fourth-order valence-electron chi connectivity index (χ4n) is 9.14. The quantitative estimate of drug-likeness (QED) is 0.0388. The summed E-state index contributed by atoms with van der Waals surface area (Å²) in [6, 6.07) is 11.4. The second-order valence-electron chi connectivity index (χ2n) is 20.2. The first-order chi connectivity index (χ1) is 34.2. The maximum atomic E-state index is 13.8. The summed E-state index contributed by atoms with van der Waals surface area (Å²) in [4.78, 5) is 40.6. The molecule has 3 heterocycles. The van der Waals surface area contributed by atoms with Gasteiger partial charge in [-0.25, -0.2) is 18.5 Å². The average molecular weight is 1210 g/mol. The summed E-state index contributed by atoms with van der Waals surface area (Å²) >= 11 is 0. The monoisotopic (exact) mass is 1210 g/mol. The maximum Gasteiger partial charge on any atom is 0.339 e. The molecule has 0 aliphatic rings. The van der Waals surface area contributed by atoms with Gasteiger partial charge in [0.05, 0.1) is 29.5 Å². The van der Waals surface area contributed by atoms with Gasteiger partial charge in [-0.15, -0.1) is 0 Å². The van der Waals surface area contributed by atoms with Gasteiger partial charge in [0, 0.05) is 37.5 Å². The molecule has 3 aromatic rings. The molecular weight excluding hydrogens is 1110 g/mol. The van der Waals surface area contributed by atoms with Gasteiger partial charge < -0.3 is 70.3 Å². The number of hydrogen-bond acceptors (Lipinski definition) is 7. The second kappa shape index (κ2) is 46.6. The Labute approximate surface area is 474 Å². The lowest BCUT2D eigenvalue weighted by atomic mass is 9.95. The fourth-order valence-corrected chi connectivity index (χ4v) is 9.14. The fraction of sp³-hybridized carbons (Fsp3) is 0.700. The lowest BCUT2D eigenvalue weighted by molar-refractivity contribution is -0.698. The lowest BCUT2D eigenvalue weighted by Gasteiger charge is -2.24. The molecule has 0 aliphatic carbocycles. The molecule has 3 rings (SSSR count). The van der Waals surface area contributed by atoms with Crippen LogP contribution in [0.25, 0.3) is 0 Å². The van der Waals surface area contributed by atoms with Crippen molar-refractivity contribution in [2.24, 2.45) is 0 Å². The first-order valence-electron chi connectivity index (χ1n) is 28.4. The van der Waals surface area contributed by atoms with E-state index in [0.717, 1.165) is 62.0 Å². The highest BCUT2D eigenvalue weighted by molar-refractivity contribution is 5.90. The van der Waals surface area contributed by atoms with Crippen molar-refractivity contribution in [3.63, 3.8) is 0 Å². The number of aromatic nitrogens is 3. The first-order valence-corrected chi connectivity index (χ1v) is 28.4. The van der Waals surface area contributed by atoms with Crippen LogP contribution in [0, 0.1) is 0 Å². The summed E-state index contributed by atoms with van der Waals surface area (Å²) in [5.41, 5.74) is -0.178. The predicted octanol–water partition coefficient (Wildman–Crippen LogP) is 4.37. The van der Waals surface area contributed by atoms with Crippen molar-refractivity contribution in [3.05, 3.63) is 90.3 Å². The van der Waals surface area contributed by atoms with Crippen LogP contribution in [0.3, 0.4) is 0 Å². The minimum absolute atomic E-state index is 0. The molecule has 0 saturated carbocycles. The van der Waals surface area contributed by atoms with Crippen LogP contribution in [0.5, 0.6) is 0 Å². The first kappa shape index (κ1) is 70.3. The molecule has 10 nitrogen and oxygen atoms in total. The molecule has 0 aliphatic heterocycles. The van der Waals surface area contributed by atoms with Gasteiger partial charge in [-0.1, -0.05) is 175 Å². The van der Waals surface area contributed by atoms with Crippen molar-refractivity contribution in [1.29, 1.82) is 0 Å². The number of rotatable bonds is 44. The number of carbonyl (C=O) groups excluding carboxylic acids is 3. The van der Waals surface area contributed by atoms with E-state index in [4.69, 9.17) is 14.2 Å². The van der Waals surface area contributed by atoms with Crippen LogP contribution in [0.2, 0.25) is 0 Å². The number of aliphatic hydroxyl groups is 1. The Hall–Kier alpha value is -2.74. The van der Waals surface area contributed by atoms with E-state index in [-0.39, 0.29) is 70.8 Å². The molecule has 73 heavy (non-hydrogen) atoms. The summed E-state index contributed by atoms with van der Waals surface area (Å²) in [6.45, 7) is 9.14. The van der Waals surface area contributed by atoms with Crippen LogP contribution in [0.4, 0.5) is 0 Å². The molecule has 1 N–H and O–H groups in total. The maximum absolute atomic E-state index is 13.8. The number of nitrogens with zero attached hydrogens (tertiary/aromatic N) is 3. The third-order valence-corrected chi connectivity index (χ3v) is 13.5. The number of carbonyl (C=O) groups is 3. The summed E-state index contributed by atoms with van der Waals surface area (Å²) < 4.78 is 23.2. The molecule has 0 radical (unpaired) electrons. The van der Waals surface area contributed by atoms with E-state index in [2.05, 4.69) is 34.5 Å². The molecule has 416 valence electrons. The third-order valence-electron chi connectivity index (χ3n) is 13.5. The minimum atomic E-state index is -2.49. The van der Waals surface area contributed by atoms with E-state index < -0.39 is 36.4 Å². The van der Waals surface area contributed by atoms with Crippen LogP contribution < -0.4 is 64.6 Å². The topological polar surface area (TPSA) is 111 Å². The van der Waals surface area contributed by atoms with Gasteiger partial charge in [-0.2, -0.15) is 0 Å². The van der Waals surface area contributed by atoms with Gasteiger partial charge >= 0.3 is 17.9 Å². The number of aryl methyl sites for hydroxylation is 3. The summed E-state index contributed by atoms with van der Waals surface area (Å²) in [7, 11) is 0. The summed E-state index contributed by atoms with van der Waals surface area (Å²) in [5.74, 6) is -2.71. The van der Waals surface area contributed by atoms with Gasteiger partial charge in [-0.05, 0) is 37.5 Å². The summed E-state index contributed by atoms with van der Waals surface area (Å²) in [5, 5.41) is 11.9. The Morgan fingerprint density at radius 2 is 0.644 bits per heavy atom. The van der Waals surface area contributed by atoms with Gasteiger partial charge in [0.2, 0.25) is 0 Å². The number of pyridine rings is 3. The van der Waals surface area contributed by atoms with Crippen molar-refractivity contribution in [2.75, 3.05) is 0 Å². The molecule has 0 aromatic carbocycles. The van der Waals surface area contributed by atoms with Crippen LogP contribution in [0.1, 0.15) is 243 Å². The zero-order chi connectivity index (χ0) is 50.2. The van der Waals surface area contributed by atoms with Gasteiger partial charge in [0.1, 0.15) is 39.5 Å². The average Bonchev–Trinajstić information content (AvgIpc) is 3.36. The Morgan fingerprint density at radius 1 is 0.397 bits per heavy atom. The van der Waals surface area contributed by atoms with Crippen molar-refractivity contribution in [1.82, 2.24) is 0 Å². The number of ether oxygens (including phenoxy) is 3. The Morgan fingerprint density at radius 3 is 0.918 bits per heavy atom. The minimum Gasteiger partial charge on any atom is -1.00 e. The van der Waals surface area contributed by atoms with Crippen molar-refractivity contribution < 1.29 is 98.3 Å². The highest BCUT2D eigenvalue weighted by atomic mass is 79.9. The molecule has 0 unspecified atom stereocenters. The summed E-state index contributed by atoms with van der Waals surface area (Å²) in [6.07, 6.45) is 48.5. The van der Waals surface area contributed by atoms with E-state index in [1.54, 1.807) is 0 Å². The molecule has 13 heteroatoms. The molecule has 0 spiro atoms. The van der Waals surface area contributed by atoms with Crippen LogP contribution in [-0.4, -0.2) is 28.6 Å². The molecule has 0 atom stereocenters. The zero-order valence-electron chi connectivity index (χ0n) is 45.7. The standard InChI is InChI=1S/C60H98N3O7.3BrH/c1-4-7-10-13-16-19-22-25-28-31-40-61-43-34-37-54(48-61)51-68-57(64)46-60(67,59(66)70-53-56-39-36-45-63(50-56)42-33-30-27-24-21-18-15-12-9-6-3)47-58(65)69-52-55-38-35-44-62(49-55)41-32-29-26-23-20-17-14-11-8-5-2;;;/h34-39,43-45,48-50,67H,4-33,40-42,46-47,51-53H2,1-3H3;3*1H/q+3;;;/p-3. The third kappa shape index (κ3) is 35.3. The Bertz CT molecular complexity index is 1750. The Balaban J connectivity index is 0.0000173. The van der Waals surface area contributed by atoms with E-state index in [0.29, 0.717) is 0 Å². The molecule has 0 fully saturated rings. The molecule has 3 aromatic heterocycles. The lowest BCUT2D eigenvalue weighted by Crippen LogP contribution is -3.00. The van der Waals surface area contributed by atoms with Crippen molar-refractivity contribution >= 4 is 17.9 Å². The highest BCUT2D eigenvalue weighted by Crippen LogP contribution is 2.22. The number of hydrogen-bond donors (Lipinski definition) is 1. The van der Waals surface area contributed by atoms with Gasteiger partial charge in [-0.3, -0.25) is 9.59 Å². The largest absolute Gasteiger partial charge is 1.00 e. The zero-order valence-corrected chi connectivity index (χ0v) is 50.4. The van der Waals surface area contributed by atoms with Crippen molar-refractivity contribution in [3.8, 4) is 0 Å². The van der Waals surface area contributed by atoms with Crippen molar-refractivity contribution in [2.45, 2.75) is 271 Å². The molecule has 0 saturated heterocycles. The second-order valence-corrected chi connectivity index (χ2v) is 20.2. The highest BCUT2D eigenvalue weighted by Gasteiger charge is 2.43. The smallest absolute Gasteiger partial charge is 0.339 e. The SMILES string of the molecule is CCCCCCCCCCCC[n+]1cccc(COC(=O)CC(O)(CC(=O)OCc2ccc[n+](CCCCCCCCCCCC)c2)C(=O)OCc2ccc[n+](CCCCCCCCCCCC)c2)c1.[Br-].[Br-].[Br-]. The Kier molecular flexibility index (Phi) is 44.8. The molecule has 0 bridgehead atoms.